The van der Waals surface area contributed by atoms with E-state index < -0.39 is 0 Å². The molecule has 9 aromatic rings. The molecule has 0 radical (unpaired) electrons. The monoisotopic (exact) mass is 565 g/mol. The van der Waals surface area contributed by atoms with Crippen molar-refractivity contribution in [1.82, 2.24) is 15.0 Å². The first-order valence-corrected chi connectivity index (χ1v) is 15.2. The summed E-state index contributed by atoms with van der Waals surface area (Å²) < 4.78 is 2.59. The SMILES string of the molecule is c1ccc2cc(-c3nc(-c4ccc5ccccc5c4)nc(-c4cccc5c4ccc4sc6ccccc6c45)n3)ccc2c1. The number of benzene rings is 7. The van der Waals surface area contributed by atoms with Crippen LogP contribution in [-0.4, -0.2) is 15.0 Å². The molecule has 0 amide bonds. The van der Waals surface area contributed by atoms with Gasteiger partial charge in [-0.25, -0.2) is 15.0 Å². The maximum absolute atomic E-state index is 5.13. The third kappa shape index (κ3) is 3.99. The van der Waals surface area contributed by atoms with Gasteiger partial charge in [-0.2, -0.15) is 0 Å². The van der Waals surface area contributed by atoms with Crippen molar-refractivity contribution in [2.45, 2.75) is 0 Å². The van der Waals surface area contributed by atoms with Gasteiger partial charge in [-0.05, 0) is 56.6 Å². The van der Waals surface area contributed by atoms with Crippen molar-refractivity contribution in [3.05, 3.63) is 140 Å². The molecule has 0 fully saturated rings. The van der Waals surface area contributed by atoms with Gasteiger partial charge in [-0.3, -0.25) is 0 Å². The van der Waals surface area contributed by atoms with Gasteiger partial charge in [-0.15, -0.1) is 11.3 Å². The summed E-state index contributed by atoms with van der Waals surface area (Å²) >= 11 is 1.84. The molecule has 2 heterocycles. The minimum absolute atomic E-state index is 0.665. The fourth-order valence-corrected chi connectivity index (χ4v) is 7.31. The molecule has 4 heteroatoms. The summed E-state index contributed by atoms with van der Waals surface area (Å²) in [7, 11) is 0. The van der Waals surface area contributed by atoms with Gasteiger partial charge in [0.05, 0.1) is 0 Å². The zero-order chi connectivity index (χ0) is 28.3. The second-order valence-corrected chi connectivity index (χ2v) is 12.0. The van der Waals surface area contributed by atoms with E-state index in [1.807, 2.05) is 11.3 Å². The molecular weight excluding hydrogens is 543 g/mol. The normalized spacial score (nSPS) is 11.7. The first-order chi connectivity index (χ1) is 21.3. The fraction of sp³-hybridized carbons (Fsp3) is 0. The zero-order valence-corrected chi connectivity index (χ0v) is 23.8. The van der Waals surface area contributed by atoms with Crippen LogP contribution >= 0.6 is 11.3 Å². The van der Waals surface area contributed by atoms with E-state index in [0.717, 1.165) is 32.8 Å². The second-order valence-electron chi connectivity index (χ2n) is 10.9. The van der Waals surface area contributed by atoms with Crippen LogP contribution in [0, 0.1) is 0 Å². The summed E-state index contributed by atoms with van der Waals surface area (Å²) in [5.74, 6) is 2.00. The summed E-state index contributed by atoms with van der Waals surface area (Å²) in [6, 6.07) is 49.2. The Morgan fingerprint density at radius 3 is 1.65 bits per heavy atom. The molecule has 0 saturated carbocycles. The van der Waals surface area contributed by atoms with Crippen LogP contribution in [0.2, 0.25) is 0 Å². The molecule has 0 bridgehead atoms. The molecular formula is C39H23N3S. The zero-order valence-electron chi connectivity index (χ0n) is 23.0. The molecule has 0 aliphatic heterocycles. The maximum Gasteiger partial charge on any atom is 0.164 e. The molecule has 2 aromatic heterocycles. The molecule has 0 unspecified atom stereocenters. The molecule has 43 heavy (non-hydrogen) atoms. The number of nitrogens with zero attached hydrogens (tertiary/aromatic N) is 3. The number of rotatable bonds is 3. The fourth-order valence-electron chi connectivity index (χ4n) is 6.19. The van der Waals surface area contributed by atoms with Gasteiger partial charge in [-0.1, -0.05) is 115 Å². The summed E-state index contributed by atoms with van der Waals surface area (Å²) in [4.78, 5) is 15.3. The highest BCUT2D eigenvalue weighted by molar-refractivity contribution is 7.26. The van der Waals surface area contributed by atoms with Gasteiger partial charge in [0, 0.05) is 36.9 Å². The summed E-state index contributed by atoms with van der Waals surface area (Å²) in [5, 5.41) is 9.63. The lowest BCUT2D eigenvalue weighted by Crippen LogP contribution is -2.00. The first-order valence-electron chi connectivity index (χ1n) is 14.4. The van der Waals surface area contributed by atoms with Gasteiger partial charge in [0.1, 0.15) is 0 Å². The molecule has 0 N–H and O–H groups in total. The minimum atomic E-state index is 0.665. The van der Waals surface area contributed by atoms with Crippen LogP contribution in [0.4, 0.5) is 0 Å². The Bertz CT molecular complexity index is 2430. The molecule has 0 aliphatic rings. The third-order valence-electron chi connectivity index (χ3n) is 8.29. The van der Waals surface area contributed by atoms with Crippen LogP contribution in [0.15, 0.2) is 140 Å². The molecule has 0 aliphatic carbocycles. The Kier molecular flexibility index (Phi) is 5.37. The van der Waals surface area contributed by atoms with Gasteiger partial charge in [0.25, 0.3) is 0 Å². The van der Waals surface area contributed by atoms with Crippen molar-refractivity contribution in [1.29, 1.82) is 0 Å². The van der Waals surface area contributed by atoms with E-state index >= 15 is 0 Å². The smallest absolute Gasteiger partial charge is 0.164 e. The van der Waals surface area contributed by atoms with Crippen LogP contribution < -0.4 is 0 Å². The number of hydrogen-bond acceptors (Lipinski definition) is 4. The van der Waals surface area contributed by atoms with Crippen LogP contribution in [-0.2, 0) is 0 Å². The topological polar surface area (TPSA) is 38.7 Å². The second kappa shape index (κ2) is 9.55. The predicted molar refractivity (Wildman–Crippen MR) is 182 cm³/mol. The van der Waals surface area contributed by atoms with Crippen molar-refractivity contribution in [3.8, 4) is 34.2 Å². The Hall–Kier alpha value is -5.45. The highest BCUT2D eigenvalue weighted by Gasteiger charge is 2.17. The standard InChI is InChI=1S/C39H23N3S/c1-3-10-26-22-28(18-16-24(26)8-1)37-40-38(29-19-17-25-9-2-4-11-27(25)23-29)42-39(41-37)32-14-7-13-31-30(32)20-21-35-36(31)33-12-5-6-15-34(33)43-35/h1-23H. The molecule has 3 nitrogen and oxygen atoms in total. The first kappa shape index (κ1) is 24.2. The van der Waals surface area contributed by atoms with E-state index in [9.17, 15) is 0 Å². The Morgan fingerprint density at radius 1 is 0.372 bits per heavy atom. The van der Waals surface area contributed by atoms with E-state index in [1.165, 1.54) is 36.3 Å². The Balaban J connectivity index is 1.31. The van der Waals surface area contributed by atoms with Gasteiger partial charge >= 0.3 is 0 Å². The highest BCUT2D eigenvalue weighted by Crippen LogP contribution is 2.41. The van der Waals surface area contributed by atoms with E-state index in [-0.39, 0.29) is 0 Å². The molecule has 0 spiro atoms. The number of hydrogen-bond donors (Lipinski definition) is 0. The summed E-state index contributed by atoms with van der Waals surface area (Å²) in [5.41, 5.74) is 2.94. The van der Waals surface area contributed by atoms with E-state index in [2.05, 4.69) is 140 Å². The predicted octanol–water partition coefficient (Wildman–Crippen LogP) is 10.7. The van der Waals surface area contributed by atoms with Crippen LogP contribution in [0.25, 0.3) is 86.7 Å². The number of thiophene rings is 1. The van der Waals surface area contributed by atoms with Crippen molar-refractivity contribution >= 4 is 63.8 Å². The van der Waals surface area contributed by atoms with Crippen LogP contribution in [0.5, 0.6) is 0 Å². The molecule has 7 aromatic carbocycles. The minimum Gasteiger partial charge on any atom is -0.208 e. The Morgan fingerprint density at radius 2 is 0.953 bits per heavy atom. The number of aromatic nitrogens is 3. The summed E-state index contributed by atoms with van der Waals surface area (Å²) in [6.45, 7) is 0. The summed E-state index contributed by atoms with van der Waals surface area (Å²) in [6.07, 6.45) is 0. The van der Waals surface area contributed by atoms with Crippen molar-refractivity contribution in [2.24, 2.45) is 0 Å². The van der Waals surface area contributed by atoms with Gasteiger partial charge in [0.15, 0.2) is 17.5 Å². The van der Waals surface area contributed by atoms with Crippen molar-refractivity contribution < 1.29 is 0 Å². The quantitative estimate of drug-likeness (QED) is 0.214. The molecule has 0 atom stereocenters. The average molecular weight is 566 g/mol. The van der Waals surface area contributed by atoms with Gasteiger partial charge < -0.3 is 0 Å². The lowest BCUT2D eigenvalue weighted by molar-refractivity contribution is 1.08. The lowest BCUT2D eigenvalue weighted by atomic mass is 9.99. The largest absolute Gasteiger partial charge is 0.208 e. The van der Waals surface area contributed by atoms with E-state index in [4.69, 9.17) is 15.0 Å². The van der Waals surface area contributed by atoms with Gasteiger partial charge in [0.2, 0.25) is 0 Å². The van der Waals surface area contributed by atoms with Crippen molar-refractivity contribution in [2.75, 3.05) is 0 Å². The molecule has 0 saturated heterocycles. The maximum atomic E-state index is 5.13. The van der Waals surface area contributed by atoms with Crippen molar-refractivity contribution in [3.63, 3.8) is 0 Å². The lowest BCUT2D eigenvalue weighted by Gasteiger charge is -2.12. The molecule has 200 valence electrons. The van der Waals surface area contributed by atoms with Crippen LogP contribution in [0.1, 0.15) is 0 Å². The third-order valence-corrected chi connectivity index (χ3v) is 9.43. The van der Waals surface area contributed by atoms with E-state index in [1.54, 1.807) is 0 Å². The van der Waals surface area contributed by atoms with Crippen LogP contribution in [0.3, 0.4) is 0 Å². The van der Waals surface area contributed by atoms with E-state index in [0.29, 0.717) is 17.5 Å². The molecule has 9 rings (SSSR count). The Labute approximate surface area is 251 Å². The number of fused-ring (bicyclic) bond motifs is 7. The average Bonchev–Trinajstić information content (AvgIpc) is 3.47. The highest BCUT2D eigenvalue weighted by atomic mass is 32.1.